The third kappa shape index (κ3) is 3.05. The predicted molar refractivity (Wildman–Crippen MR) is 69.9 cm³/mol. The van der Waals surface area contributed by atoms with Crippen molar-refractivity contribution in [1.29, 1.82) is 0 Å². The lowest BCUT2D eigenvalue weighted by molar-refractivity contribution is 0.296. The normalized spacial score (nSPS) is 15.2. The molecule has 1 nitrogen and oxygen atoms in total. The summed E-state index contributed by atoms with van der Waals surface area (Å²) in [6.07, 6.45) is 1.69. The minimum absolute atomic E-state index is 0.211. The fraction of sp³-hybridized carbons (Fsp3) is 0.538. The first-order valence-electron chi connectivity index (χ1n) is 5.62. The van der Waals surface area contributed by atoms with Crippen LogP contribution in [0.25, 0.3) is 0 Å². The van der Waals surface area contributed by atoms with Crippen molar-refractivity contribution in [3.63, 3.8) is 0 Å². The smallest absolute Gasteiger partial charge is 0.137 e. The van der Waals surface area contributed by atoms with E-state index < -0.39 is 0 Å². The van der Waals surface area contributed by atoms with Crippen LogP contribution in [0.5, 0.6) is 0 Å². The maximum absolute atomic E-state index is 13.1. The maximum Gasteiger partial charge on any atom is 0.137 e. The highest BCUT2D eigenvalue weighted by atomic mass is 79.9. The van der Waals surface area contributed by atoms with Crippen molar-refractivity contribution in [3.05, 3.63) is 34.1 Å². The van der Waals surface area contributed by atoms with E-state index in [0.717, 1.165) is 18.4 Å². The Morgan fingerprint density at radius 2 is 2.06 bits per heavy atom. The minimum atomic E-state index is -0.229. The van der Waals surface area contributed by atoms with Gasteiger partial charge < -0.3 is 5.73 Å². The first kappa shape index (κ1) is 13.7. The third-order valence-electron chi connectivity index (χ3n) is 3.33. The van der Waals surface area contributed by atoms with Crippen LogP contribution in [0, 0.1) is 11.7 Å². The van der Waals surface area contributed by atoms with E-state index in [0.29, 0.717) is 10.4 Å². The molecular weight excluding hydrogens is 269 g/mol. The molecule has 1 aromatic carbocycles. The molecule has 3 heteroatoms. The molecule has 0 fully saturated rings. The molecule has 16 heavy (non-hydrogen) atoms. The Morgan fingerprint density at radius 1 is 1.44 bits per heavy atom. The average molecular weight is 288 g/mol. The van der Waals surface area contributed by atoms with Gasteiger partial charge in [0, 0.05) is 5.54 Å². The third-order valence-corrected chi connectivity index (χ3v) is 3.93. The number of hydrogen-bond donors (Lipinski definition) is 1. The second kappa shape index (κ2) is 5.28. The van der Waals surface area contributed by atoms with E-state index in [2.05, 4.69) is 36.7 Å². The van der Waals surface area contributed by atoms with E-state index in [9.17, 15) is 4.39 Å². The zero-order valence-electron chi connectivity index (χ0n) is 10.1. The zero-order chi connectivity index (χ0) is 12.3. The molecule has 0 amide bonds. The van der Waals surface area contributed by atoms with Crippen LogP contribution in [-0.2, 0) is 6.42 Å². The number of benzene rings is 1. The molecule has 1 unspecified atom stereocenters. The summed E-state index contributed by atoms with van der Waals surface area (Å²) >= 11 is 3.20. The highest BCUT2D eigenvalue weighted by Crippen LogP contribution is 2.25. The van der Waals surface area contributed by atoms with Crippen molar-refractivity contribution >= 4 is 15.9 Å². The average Bonchev–Trinajstić information content (AvgIpc) is 2.23. The van der Waals surface area contributed by atoms with Crippen molar-refractivity contribution in [2.75, 3.05) is 0 Å². The summed E-state index contributed by atoms with van der Waals surface area (Å²) in [6.45, 7) is 6.35. The predicted octanol–water partition coefficient (Wildman–Crippen LogP) is 3.89. The van der Waals surface area contributed by atoms with Crippen molar-refractivity contribution < 1.29 is 4.39 Å². The Bertz CT molecular complexity index is 365. The van der Waals surface area contributed by atoms with Gasteiger partial charge >= 0.3 is 0 Å². The van der Waals surface area contributed by atoms with Crippen LogP contribution >= 0.6 is 15.9 Å². The van der Waals surface area contributed by atoms with Crippen LogP contribution < -0.4 is 5.73 Å². The molecule has 1 aromatic rings. The molecular formula is C13H19BrFN. The first-order chi connectivity index (χ1) is 7.39. The maximum atomic E-state index is 13.1. The van der Waals surface area contributed by atoms with Gasteiger partial charge in [0.25, 0.3) is 0 Å². The molecule has 0 radical (unpaired) electrons. The number of halogens is 2. The Kier molecular flexibility index (Phi) is 4.51. The molecule has 0 saturated heterocycles. The molecule has 1 atom stereocenters. The fourth-order valence-corrected chi connectivity index (χ4v) is 2.19. The number of nitrogens with two attached hydrogens (primary N) is 1. The van der Waals surface area contributed by atoms with Crippen LogP contribution in [0.15, 0.2) is 22.7 Å². The van der Waals surface area contributed by atoms with Crippen molar-refractivity contribution in [2.24, 2.45) is 11.7 Å². The molecule has 0 aliphatic carbocycles. The Morgan fingerprint density at radius 3 is 2.50 bits per heavy atom. The Balaban J connectivity index is 2.90. The van der Waals surface area contributed by atoms with Gasteiger partial charge in [0.1, 0.15) is 5.82 Å². The van der Waals surface area contributed by atoms with Crippen LogP contribution in [0.3, 0.4) is 0 Å². The van der Waals surface area contributed by atoms with E-state index in [1.165, 1.54) is 6.07 Å². The summed E-state index contributed by atoms with van der Waals surface area (Å²) in [7, 11) is 0. The molecule has 1 rings (SSSR count). The van der Waals surface area contributed by atoms with Crippen molar-refractivity contribution in [3.8, 4) is 0 Å². The van der Waals surface area contributed by atoms with E-state index in [4.69, 9.17) is 5.73 Å². The summed E-state index contributed by atoms with van der Waals surface area (Å²) in [5.74, 6) is 0.175. The van der Waals surface area contributed by atoms with Gasteiger partial charge in [0.15, 0.2) is 0 Å². The lowest BCUT2D eigenvalue weighted by atomic mass is 9.80. The highest BCUT2D eigenvalue weighted by Gasteiger charge is 2.27. The SMILES string of the molecule is CCC(N)(Cc1ccc(F)c(Br)c1)C(C)C. The molecule has 0 aromatic heterocycles. The largest absolute Gasteiger partial charge is 0.325 e. The van der Waals surface area contributed by atoms with Gasteiger partial charge in [0.2, 0.25) is 0 Å². The van der Waals surface area contributed by atoms with Gasteiger partial charge in [-0.25, -0.2) is 4.39 Å². The summed E-state index contributed by atoms with van der Waals surface area (Å²) < 4.78 is 13.6. The molecule has 0 bridgehead atoms. The van der Waals surface area contributed by atoms with Gasteiger partial charge in [-0.05, 0) is 52.4 Å². The number of rotatable bonds is 4. The standard InChI is InChI=1S/C13H19BrFN/c1-4-13(16,9(2)3)8-10-5-6-12(15)11(14)7-10/h5-7,9H,4,8,16H2,1-3H3. The van der Waals surface area contributed by atoms with Crippen LogP contribution in [0.1, 0.15) is 32.8 Å². The number of hydrogen-bond acceptors (Lipinski definition) is 1. The van der Waals surface area contributed by atoms with Crippen LogP contribution in [-0.4, -0.2) is 5.54 Å². The van der Waals surface area contributed by atoms with Crippen molar-refractivity contribution in [1.82, 2.24) is 0 Å². The minimum Gasteiger partial charge on any atom is -0.325 e. The van der Waals surface area contributed by atoms with Gasteiger partial charge in [0.05, 0.1) is 4.47 Å². The topological polar surface area (TPSA) is 26.0 Å². The molecule has 0 aliphatic rings. The molecule has 90 valence electrons. The second-order valence-electron chi connectivity index (χ2n) is 4.67. The van der Waals surface area contributed by atoms with Gasteiger partial charge in [-0.1, -0.05) is 26.8 Å². The van der Waals surface area contributed by atoms with E-state index in [1.54, 1.807) is 6.07 Å². The van der Waals surface area contributed by atoms with E-state index >= 15 is 0 Å². The van der Waals surface area contributed by atoms with E-state index in [-0.39, 0.29) is 11.4 Å². The Labute approximate surface area is 105 Å². The quantitative estimate of drug-likeness (QED) is 0.893. The van der Waals surface area contributed by atoms with Gasteiger partial charge in [-0.3, -0.25) is 0 Å². The monoisotopic (exact) mass is 287 g/mol. The van der Waals surface area contributed by atoms with Gasteiger partial charge in [-0.15, -0.1) is 0 Å². The summed E-state index contributed by atoms with van der Waals surface area (Å²) in [4.78, 5) is 0. The molecule has 0 aliphatic heterocycles. The molecule has 0 saturated carbocycles. The summed E-state index contributed by atoms with van der Waals surface area (Å²) in [6, 6.07) is 5.10. The highest BCUT2D eigenvalue weighted by molar-refractivity contribution is 9.10. The lowest BCUT2D eigenvalue weighted by Gasteiger charge is -2.32. The van der Waals surface area contributed by atoms with E-state index in [1.807, 2.05) is 6.07 Å². The zero-order valence-corrected chi connectivity index (χ0v) is 11.6. The summed E-state index contributed by atoms with van der Waals surface area (Å²) in [5, 5.41) is 0. The lowest BCUT2D eigenvalue weighted by Crippen LogP contribution is -2.46. The fourth-order valence-electron chi connectivity index (χ4n) is 1.77. The molecule has 0 spiro atoms. The summed E-state index contributed by atoms with van der Waals surface area (Å²) in [5.41, 5.74) is 7.22. The first-order valence-corrected chi connectivity index (χ1v) is 6.41. The Hall–Kier alpha value is -0.410. The van der Waals surface area contributed by atoms with Gasteiger partial charge in [-0.2, -0.15) is 0 Å². The molecule has 2 N–H and O–H groups in total. The van der Waals surface area contributed by atoms with Crippen molar-refractivity contribution in [2.45, 2.75) is 39.2 Å². The molecule has 0 heterocycles. The second-order valence-corrected chi connectivity index (χ2v) is 5.52. The van der Waals surface area contributed by atoms with Crippen LogP contribution in [0.4, 0.5) is 4.39 Å². The van der Waals surface area contributed by atoms with Crippen LogP contribution in [0.2, 0.25) is 0 Å².